The quantitative estimate of drug-likeness (QED) is 0.525. The van der Waals surface area contributed by atoms with Gasteiger partial charge in [0, 0.05) is 11.8 Å². The van der Waals surface area contributed by atoms with Gasteiger partial charge in [-0.15, -0.1) is 0 Å². The summed E-state index contributed by atoms with van der Waals surface area (Å²) >= 11 is 0. The molecular weight excluding hydrogens is 402 g/mol. The fourth-order valence-corrected chi connectivity index (χ4v) is 6.07. The van der Waals surface area contributed by atoms with Crippen molar-refractivity contribution in [3.05, 3.63) is 70.8 Å². The van der Waals surface area contributed by atoms with Crippen LogP contribution >= 0.6 is 0 Å². The second-order valence-electron chi connectivity index (χ2n) is 9.94. The highest BCUT2D eigenvalue weighted by atomic mass is 16.5. The van der Waals surface area contributed by atoms with Crippen LogP contribution in [0.5, 0.6) is 0 Å². The van der Waals surface area contributed by atoms with E-state index in [1.807, 2.05) is 38.1 Å². The van der Waals surface area contributed by atoms with Crippen LogP contribution < -0.4 is 0 Å². The Kier molecular flexibility index (Phi) is 4.95. The van der Waals surface area contributed by atoms with Gasteiger partial charge in [-0.2, -0.15) is 0 Å². The van der Waals surface area contributed by atoms with Crippen molar-refractivity contribution in [3.63, 3.8) is 0 Å². The molecule has 32 heavy (non-hydrogen) atoms. The highest BCUT2D eigenvalue weighted by Crippen LogP contribution is 2.61. The molecule has 166 valence electrons. The van der Waals surface area contributed by atoms with Gasteiger partial charge in [-0.25, -0.2) is 4.79 Å². The zero-order valence-electron chi connectivity index (χ0n) is 18.9. The number of esters is 1. The van der Waals surface area contributed by atoms with Crippen molar-refractivity contribution in [1.82, 2.24) is 4.90 Å². The fourth-order valence-electron chi connectivity index (χ4n) is 6.07. The molecule has 4 aliphatic rings. The van der Waals surface area contributed by atoms with Crippen LogP contribution in [-0.4, -0.2) is 34.8 Å². The predicted molar refractivity (Wildman–Crippen MR) is 120 cm³/mol. The molecule has 3 aliphatic carbocycles. The molecular formula is C27H29NO4. The van der Waals surface area contributed by atoms with E-state index in [4.69, 9.17) is 4.74 Å². The SMILES string of the molecule is CC(C)C[C@@H](C(=O)OC(C)C)N1C(=O)[C@@H]2C3c4ccccc4C(c4ccccc43)[C@@H]2C1=O. The summed E-state index contributed by atoms with van der Waals surface area (Å²) in [5.74, 6) is -2.10. The van der Waals surface area contributed by atoms with Gasteiger partial charge in [0.1, 0.15) is 6.04 Å². The monoisotopic (exact) mass is 431 g/mol. The maximum atomic E-state index is 13.9. The second-order valence-corrected chi connectivity index (χ2v) is 9.94. The fraction of sp³-hybridized carbons (Fsp3) is 0.444. The lowest BCUT2D eigenvalue weighted by molar-refractivity contribution is -0.162. The summed E-state index contributed by atoms with van der Waals surface area (Å²) in [6.07, 6.45) is 0.0921. The molecule has 2 bridgehead atoms. The van der Waals surface area contributed by atoms with Crippen LogP contribution in [0.1, 0.15) is 68.2 Å². The van der Waals surface area contributed by atoms with E-state index in [2.05, 4.69) is 24.3 Å². The first-order valence-electron chi connectivity index (χ1n) is 11.6. The zero-order chi connectivity index (χ0) is 22.7. The third kappa shape index (κ3) is 2.94. The second kappa shape index (κ2) is 7.58. The van der Waals surface area contributed by atoms with Crippen molar-refractivity contribution in [2.45, 2.75) is 58.1 Å². The summed E-state index contributed by atoms with van der Waals surface area (Å²) in [4.78, 5) is 42.0. The molecule has 2 aromatic rings. The minimum absolute atomic E-state index is 0.133. The van der Waals surface area contributed by atoms with Crippen molar-refractivity contribution >= 4 is 17.8 Å². The molecule has 2 amide bonds. The Morgan fingerprint density at radius 1 is 0.812 bits per heavy atom. The Bertz CT molecular complexity index is 989. The van der Waals surface area contributed by atoms with Crippen molar-refractivity contribution in [2.24, 2.45) is 17.8 Å². The maximum Gasteiger partial charge on any atom is 0.329 e. The zero-order valence-corrected chi connectivity index (χ0v) is 18.9. The number of ether oxygens (including phenoxy) is 1. The van der Waals surface area contributed by atoms with Gasteiger partial charge >= 0.3 is 5.97 Å². The summed E-state index contributed by atoms with van der Waals surface area (Å²) in [6, 6.07) is 15.4. The van der Waals surface area contributed by atoms with E-state index >= 15 is 0 Å². The number of nitrogens with zero attached hydrogens (tertiary/aromatic N) is 1. The average molecular weight is 432 g/mol. The number of carbonyl (C=O) groups excluding carboxylic acids is 3. The molecule has 3 atom stereocenters. The molecule has 0 saturated carbocycles. The van der Waals surface area contributed by atoms with Gasteiger partial charge in [0.15, 0.2) is 0 Å². The first kappa shape index (κ1) is 20.9. The van der Waals surface area contributed by atoms with Gasteiger partial charge in [-0.05, 0) is 48.4 Å². The number of carbonyl (C=O) groups is 3. The number of benzene rings is 2. The van der Waals surface area contributed by atoms with E-state index in [1.54, 1.807) is 13.8 Å². The lowest BCUT2D eigenvalue weighted by Gasteiger charge is -2.45. The van der Waals surface area contributed by atoms with Gasteiger partial charge in [-0.3, -0.25) is 14.5 Å². The Morgan fingerprint density at radius 2 is 1.22 bits per heavy atom. The number of amides is 2. The summed E-state index contributed by atoms with van der Waals surface area (Å²) < 4.78 is 5.48. The Labute approximate surface area is 188 Å². The molecule has 0 unspecified atom stereocenters. The molecule has 2 aromatic carbocycles. The highest BCUT2D eigenvalue weighted by Gasteiger charge is 2.63. The third-order valence-corrected chi connectivity index (χ3v) is 7.11. The molecule has 0 aromatic heterocycles. The minimum Gasteiger partial charge on any atom is -0.461 e. The number of hydrogen-bond acceptors (Lipinski definition) is 4. The summed E-state index contributed by atoms with van der Waals surface area (Å²) in [5.41, 5.74) is 4.52. The van der Waals surface area contributed by atoms with Crippen LogP contribution in [0, 0.1) is 17.8 Å². The summed E-state index contributed by atoms with van der Waals surface area (Å²) in [7, 11) is 0. The molecule has 1 aliphatic heterocycles. The van der Waals surface area contributed by atoms with Gasteiger partial charge in [0.25, 0.3) is 0 Å². The normalized spacial score (nSPS) is 26.2. The van der Waals surface area contributed by atoms with E-state index in [9.17, 15) is 14.4 Å². The molecule has 1 heterocycles. The van der Waals surface area contributed by atoms with E-state index in [-0.39, 0.29) is 35.7 Å². The molecule has 6 rings (SSSR count). The number of likely N-dealkylation sites (tertiary alicyclic amines) is 1. The highest BCUT2D eigenvalue weighted by molar-refractivity contribution is 6.10. The average Bonchev–Trinajstić information content (AvgIpc) is 3.02. The van der Waals surface area contributed by atoms with Gasteiger partial charge in [0.05, 0.1) is 17.9 Å². The summed E-state index contributed by atoms with van der Waals surface area (Å²) in [6.45, 7) is 7.54. The van der Waals surface area contributed by atoms with Crippen LogP contribution in [0.3, 0.4) is 0 Å². The lowest BCUT2D eigenvalue weighted by atomic mass is 9.55. The summed E-state index contributed by atoms with van der Waals surface area (Å²) in [5, 5.41) is 0. The molecule has 1 saturated heterocycles. The molecule has 1 fully saturated rings. The van der Waals surface area contributed by atoms with Gasteiger partial charge < -0.3 is 4.74 Å². The van der Waals surface area contributed by atoms with Crippen molar-refractivity contribution < 1.29 is 19.1 Å². The standard InChI is InChI=1S/C27H29NO4/c1-14(2)13-20(27(31)32-15(3)4)28-25(29)23-21-16-9-5-6-10-17(16)22(24(23)26(28)30)19-12-8-7-11-18(19)21/h5-12,14-15,20-24H,13H2,1-4H3/t20-,21?,22?,23-,24+/m0/s1. The van der Waals surface area contributed by atoms with Crippen molar-refractivity contribution in [2.75, 3.05) is 0 Å². The van der Waals surface area contributed by atoms with Gasteiger partial charge in [0.2, 0.25) is 11.8 Å². The van der Waals surface area contributed by atoms with Crippen LogP contribution in [0.15, 0.2) is 48.5 Å². The lowest BCUT2D eigenvalue weighted by Crippen LogP contribution is -2.47. The third-order valence-electron chi connectivity index (χ3n) is 7.11. The van der Waals surface area contributed by atoms with Crippen LogP contribution in [0.25, 0.3) is 0 Å². The molecule has 0 radical (unpaired) electrons. The topological polar surface area (TPSA) is 63.7 Å². The van der Waals surface area contributed by atoms with Crippen LogP contribution in [-0.2, 0) is 19.1 Å². The minimum atomic E-state index is -0.881. The first-order chi connectivity index (χ1) is 15.3. The Hall–Kier alpha value is -2.95. The van der Waals surface area contributed by atoms with E-state index in [0.29, 0.717) is 6.42 Å². The number of rotatable bonds is 5. The molecule has 5 nitrogen and oxygen atoms in total. The van der Waals surface area contributed by atoms with Gasteiger partial charge in [-0.1, -0.05) is 62.4 Å². The maximum absolute atomic E-state index is 13.9. The Morgan fingerprint density at radius 3 is 1.56 bits per heavy atom. The largest absolute Gasteiger partial charge is 0.461 e. The van der Waals surface area contributed by atoms with E-state index in [1.165, 1.54) is 4.90 Å². The van der Waals surface area contributed by atoms with Crippen molar-refractivity contribution in [1.29, 1.82) is 0 Å². The smallest absolute Gasteiger partial charge is 0.329 e. The predicted octanol–water partition coefficient (Wildman–Crippen LogP) is 4.24. The number of imide groups is 1. The van der Waals surface area contributed by atoms with E-state index in [0.717, 1.165) is 22.3 Å². The molecule has 0 N–H and O–H groups in total. The van der Waals surface area contributed by atoms with E-state index < -0.39 is 23.8 Å². The van der Waals surface area contributed by atoms with Crippen LogP contribution in [0.4, 0.5) is 0 Å². The molecule has 0 spiro atoms. The van der Waals surface area contributed by atoms with Crippen molar-refractivity contribution in [3.8, 4) is 0 Å². The first-order valence-corrected chi connectivity index (χ1v) is 11.6. The van der Waals surface area contributed by atoms with Crippen LogP contribution in [0.2, 0.25) is 0 Å². The Balaban J connectivity index is 1.62. The molecule has 5 heteroatoms. The number of hydrogen-bond donors (Lipinski definition) is 0.